The van der Waals surface area contributed by atoms with Crippen molar-refractivity contribution < 1.29 is 0 Å². The van der Waals surface area contributed by atoms with Gasteiger partial charge in [0.15, 0.2) is 0 Å². The van der Waals surface area contributed by atoms with E-state index in [1.54, 1.807) is 4.68 Å². The third-order valence-electron chi connectivity index (χ3n) is 4.71. The molecule has 6 heteroatoms. The summed E-state index contributed by atoms with van der Waals surface area (Å²) in [6.07, 6.45) is 2.41. The second-order valence-electron chi connectivity index (χ2n) is 6.70. The maximum Gasteiger partial charge on any atom is 0.113 e. The van der Waals surface area contributed by atoms with Crippen LogP contribution in [0.15, 0.2) is 36.4 Å². The average Bonchev–Trinajstić information content (AvgIpc) is 3.27. The van der Waals surface area contributed by atoms with Crippen LogP contribution < -0.4 is 0 Å². The number of imidazole rings is 1. The minimum Gasteiger partial charge on any atom is -0.340 e. The summed E-state index contributed by atoms with van der Waals surface area (Å²) < 4.78 is 1.79. The number of benzene rings is 1. The van der Waals surface area contributed by atoms with E-state index in [9.17, 15) is 0 Å². The minimum absolute atomic E-state index is 0.555. The highest BCUT2D eigenvalue weighted by Gasteiger charge is 2.29. The summed E-state index contributed by atoms with van der Waals surface area (Å²) in [5, 5.41) is 8.25. The number of pyridine rings is 1. The lowest BCUT2D eigenvalue weighted by atomic mass is 10.1. The fraction of sp³-hybridized carbons (Fsp3) is 0.263. The van der Waals surface area contributed by atoms with Crippen molar-refractivity contribution in [2.45, 2.75) is 25.7 Å². The highest BCUT2D eigenvalue weighted by Crippen LogP contribution is 2.41. The molecule has 5 rings (SSSR count). The first kappa shape index (κ1) is 14.3. The fourth-order valence-electron chi connectivity index (χ4n) is 3.20. The van der Waals surface area contributed by atoms with Crippen molar-refractivity contribution in [1.82, 2.24) is 29.9 Å². The van der Waals surface area contributed by atoms with Crippen molar-refractivity contribution in [2.24, 2.45) is 7.05 Å². The molecule has 0 bridgehead atoms. The Morgan fingerprint density at radius 1 is 1.12 bits per heavy atom. The van der Waals surface area contributed by atoms with Crippen LogP contribution in [0, 0.1) is 6.92 Å². The third kappa shape index (κ3) is 2.41. The molecule has 0 amide bonds. The van der Waals surface area contributed by atoms with E-state index in [-0.39, 0.29) is 0 Å². The van der Waals surface area contributed by atoms with Gasteiger partial charge in [-0.1, -0.05) is 17.3 Å². The molecule has 1 fully saturated rings. The number of nitrogens with zero attached hydrogens (tertiary/aromatic N) is 5. The van der Waals surface area contributed by atoms with Gasteiger partial charge < -0.3 is 4.98 Å². The first-order valence-electron chi connectivity index (χ1n) is 8.53. The molecule has 0 atom stereocenters. The summed E-state index contributed by atoms with van der Waals surface area (Å²) in [6.45, 7) is 2.01. The van der Waals surface area contributed by atoms with Crippen LogP contribution in [-0.4, -0.2) is 29.9 Å². The Kier molecular flexibility index (Phi) is 3.00. The van der Waals surface area contributed by atoms with E-state index >= 15 is 0 Å². The predicted octanol–water partition coefficient (Wildman–Crippen LogP) is 3.61. The maximum absolute atomic E-state index is 4.92. The van der Waals surface area contributed by atoms with Gasteiger partial charge in [-0.2, -0.15) is 0 Å². The molecule has 1 aliphatic rings. The quantitative estimate of drug-likeness (QED) is 0.623. The first-order chi connectivity index (χ1) is 12.2. The zero-order valence-electron chi connectivity index (χ0n) is 14.2. The molecule has 1 aromatic carbocycles. The highest BCUT2D eigenvalue weighted by atomic mass is 15.4. The highest BCUT2D eigenvalue weighted by molar-refractivity contribution is 5.85. The summed E-state index contributed by atoms with van der Waals surface area (Å²) >= 11 is 0. The largest absolute Gasteiger partial charge is 0.340 e. The average molecular weight is 330 g/mol. The van der Waals surface area contributed by atoms with Crippen molar-refractivity contribution in [3.63, 3.8) is 0 Å². The third-order valence-corrected chi connectivity index (χ3v) is 4.71. The Bertz CT molecular complexity index is 1090. The van der Waals surface area contributed by atoms with Gasteiger partial charge in [0.25, 0.3) is 0 Å². The van der Waals surface area contributed by atoms with Gasteiger partial charge in [-0.05, 0) is 44.0 Å². The number of rotatable bonds is 3. The number of H-pyrrole nitrogens is 1. The van der Waals surface area contributed by atoms with E-state index in [1.165, 1.54) is 12.8 Å². The van der Waals surface area contributed by atoms with Crippen LogP contribution in [0.5, 0.6) is 0 Å². The molecular weight excluding hydrogens is 312 g/mol. The minimum atomic E-state index is 0.555. The molecule has 0 saturated heterocycles. The number of aromatic amines is 1. The predicted molar refractivity (Wildman–Crippen MR) is 96.0 cm³/mol. The number of fused-ring (bicyclic) bond motifs is 1. The first-order valence-corrected chi connectivity index (χ1v) is 8.53. The van der Waals surface area contributed by atoms with Gasteiger partial charge in [0.05, 0.1) is 22.6 Å². The monoisotopic (exact) mass is 330 g/mol. The van der Waals surface area contributed by atoms with Crippen molar-refractivity contribution in [3.05, 3.63) is 47.9 Å². The molecular formula is C19H18N6. The van der Waals surface area contributed by atoms with Crippen LogP contribution in [0.4, 0.5) is 0 Å². The van der Waals surface area contributed by atoms with Gasteiger partial charge in [-0.25, -0.2) is 9.67 Å². The lowest BCUT2D eigenvalue weighted by Crippen LogP contribution is -1.91. The van der Waals surface area contributed by atoms with Crippen molar-refractivity contribution in [3.8, 4) is 22.6 Å². The van der Waals surface area contributed by atoms with Crippen LogP contribution in [0.25, 0.3) is 33.7 Å². The lowest BCUT2D eigenvalue weighted by molar-refractivity contribution is 0.736. The lowest BCUT2D eigenvalue weighted by Gasteiger charge is -2.04. The Morgan fingerprint density at radius 3 is 2.80 bits per heavy atom. The number of aromatic nitrogens is 6. The molecule has 1 aliphatic carbocycles. The molecule has 1 saturated carbocycles. The van der Waals surface area contributed by atoms with Gasteiger partial charge in [0.2, 0.25) is 0 Å². The van der Waals surface area contributed by atoms with Gasteiger partial charge in [-0.15, -0.1) is 5.10 Å². The van der Waals surface area contributed by atoms with E-state index < -0.39 is 0 Å². The molecule has 3 heterocycles. The van der Waals surface area contributed by atoms with Crippen LogP contribution in [-0.2, 0) is 7.05 Å². The van der Waals surface area contributed by atoms with Crippen LogP contribution in [0.1, 0.15) is 30.3 Å². The second kappa shape index (κ2) is 5.24. The number of aryl methyl sites for hydroxylation is 2. The number of hydrogen-bond acceptors (Lipinski definition) is 4. The molecule has 0 unspecified atom stereocenters. The molecule has 0 aliphatic heterocycles. The number of nitrogens with one attached hydrogen (secondary N) is 1. The van der Waals surface area contributed by atoms with Gasteiger partial charge in [-0.3, -0.25) is 4.98 Å². The van der Waals surface area contributed by atoms with Crippen molar-refractivity contribution in [2.75, 3.05) is 0 Å². The summed E-state index contributed by atoms with van der Waals surface area (Å²) in [5.41, 5.74) is 6.80. The smallest absolute Gasteiger partial charge is 0.113 e. The van der Waals surface area contributed by atoms with Crippen LogP contribution in [0.3, 0.4) is 0 Å². The molecule has 4 aromatic rings. The summed E-state index contributed by atoms with van der Waals surface area (Å²) in [6, 6.07) is 12.2. The zero-order valence-corrected chi connectivity index (χ0v) is 14.2. The molecule has 6 nitrogen and oxygen atoms in total. The van der Waals surface area contributed by atoms with Gasteiger partial charge in [0.1, 0.15) is 11.3 Å². The van der Waals surface area contributed by atoms with Crippen LogP contribution in [0.2, 0.25) is 0 Å². The van der Waals surface area contributed by atoms with E-state index in [0.717, 1.165) is 45.2 Å². The van der Waals surface area contributed by atoms with Crippen molar-refractivity contribution >= 4 is 11.0 Å². The molecule has 3 aromatic heterocycles. The standard InChI is InChI=1S/C19H18N6/c1-11-4-3-5-15(20-11)18-17(21-19(22-18)12-6-7-12)13-8-9-14-16(10-13)25(2)24-23-14/h3-5,8-10,12H,6-7H2,1-2H3,(H,21,22). The fourth-order valence-corrected chi connectivity index (χ4v) is 3.20. The summed E-state index contributed by atoms with van der Waals surface area (Å²) in [4.78, 5) is 13.1. The SMILES string of the molecule is Cc1cccc(-c2[nH]c(C3CC3)nc2-c2ccc3nnn(C)c3c2)n1. The molecule has 0 radical (unpaired) electrons. The Balaban J connectivity index is 1.71. The van der Waals surface area contributed by atoms with Gasteiger partial charge in [0, 0.05) is 24.2 Å². The molecule has 1 N–H and O–H groups in total. The van der Waals surface area contributed by atoms with E-state index in [4.69, 9.17) is 9.97 Å². The topological polar surface area (TPSA) is 72.3 Å². The summed E-state index contributed by atoms with van der Waals surface area (Å²) in [7, 11) is 1.91. The van der Waals surface area contributed by atoms with E-state index in [0.29, 0.717) is 5.92 Å². The summed E-state index contributed by atoms with van der Waals surface area (Å²) in [5.74, 6) is 1.62. The number of hydrogen-bond donors (Lipinski definition) is 1. The van der Waals surface area contributed by atoms with E-state index in [1.807, 2.05) is 38.2 Å². The Morgan fingerprint density at radius 2 is 2.00 bits per heavy atom. The normalized spacial score (nSPS) is 14.3. The second-order valence-corrected chi connectivity index (χ2v) is 6.70. The Hall–Kier alpha value is -3.02. The Labute approximate surface area is 144 Å². The van der Waals surface area contributed by atoms with Gasteiger partial charge >= 0.3 is 0 Å². The van der Waals surface area contributed by atoms with Crippen molar-refractivity contribution in [1.29, 1.82) is 0 Å². The molecule has 0 spiro atoms. The molecule has 25 heavy (non-hydrogen) atoms. The zero-order chi connectivity index (χ0) is 17.0. The van der Waals surface area contributed by atoms with E-state index in [2.05, 4.69) is 27.4 Å². The molecule has 124 valence electrons. The van der Waals surface area contributed by atoms with Crippen LogP contribution >= 0.6 is 0 Å². The maximum atomic E-state index is 4.92.